The van der Waals surface area contributed by atoms with Crippen LogP contribution in [0, 0.1) is 45.3 Å². The van der Waals surface area contributed by atoms with E-state index >= 15 is 0 Å². The van der Waals surface area contributed by atoms with E-state index in [-0.39, 0.29) is 41.1 Å². The first-order valence-electron chi connectivity index (χ1n) is 28.8. The predicted octanol–water partition coefficient (Wildman–Crippen LogP) is -1.54. The molecule has 29 atom stereocenters. The third-order valence-corrected chi connectivity index (χ3v) is 21.0. The van der Waals surface area contributed by atoms with Crippen LogP contribution in [-0.2, 0) is 52.2 Å². The Morgan fingerprint density at radius 3 is 1.86 bits per heavy atom. The van der Waals surface area contributed by atoms with Crippen LogP contribution in [0.1, 0.15) is 120 Å². The minimum atomic E-state index is -1.95. The van der Waals surface area contributed by atoms with Gasteiger partial charge in [0.1, 0.15) is 105 Å². The number of carboxylic acids is 1. The Kier molecular flexibility index (Phi) is 19.9. The number of carbonyl (C=O) groups excluding carboxylic acids is 1. The molecule has 4 aliphatic carbocycles. The van der Waals surface area contributed by atoms with Gasteiger partial charge in [0.05, 0.1) is 37.6 Å². The zero-order valence-electron chi connectivity index (χ0n) is 47.7. The van der Waals surface area contributed by atoms with Gasteiger partial charge in [-0.25, -0.2) is 0 Å². The molecule has 0 aromatic rings. The van der Waals surface area contributed by atoms with Crippen LogP contribution in [0.4, 0.5) is 0 Å². The van der Waals surface area contributed by atoms with Gasteiger partial charge >= 0.3 is 11.9 Å². The van der Waals surface area contributed by atoms with Crippen LogP contribution in [0.3, 0.4) is 0 Å². The molecule has 0 aromatic heterocycles. The van der Waals surface area contributed by atoms with Gasteiger partial charge in [0.2, 0.25) is 0 Å². The van der Waals surface area contributed by atoms with Crippen molar-refractivity contribution in [2.24, 2.45) is 45.3 Å². The Hall–Kier alpha value is -2.16. The molecular formula is C56H92O25. The van der Waals surface area contributed by atoms with E-state index in [0.29, 0.717) is 38.5 Å². The second-order valence-electron chi connectivity index (χ2n) is 26.4. The smallest absolute Gasteiger partial charge is 0.317 e. The molecule has 25 nitrogen and oxygen atoms in total. The Bertz CT molecular complexity index is 2180. The minimum Gasteiger partial charge on any atom is -0.481 e. The summed E-state index contributed by atoms with van der Waals surface area (Å²) in [5.74, 6) is -3.18. The lowest BCUT2D eigenvalue weighted by Crippen LogP contribution is -2.68. The Labute approximate surface area is 472 Å². The van der Waals surface area contributed by atoms with Gasteiger partial charge < -0.3 is 114 Å². The fraction of sp³-hybridized carbons (Fsp3) is 0.929. The molecule has 0 bridgehead atoms. The van der Waals surface area contributed by atoms with Gasteiger partial charge in [-0.1, -0.05) is 46.3 Å². The molecule has 4 heterocycles. The third kappa shape index (κ3) is 12.2. The number of ether oxygens (including phenoxy) is 9. The number of aliphatic hydroxyl groups is 13. The molecule has 8 rings (SSSR count). The number of aliphatic hydroxyl groups excluding tert-OH is 13. The number of fused-ring (bicyclic) bond motifs is 5. The van der Waals surface area contributed by atoms with Gasteiger partial charge in [-0.05, 0) is 124 Å². The number of aliphatic carboxylic acids is 1. The average molecular weight is 1170 g/mol. The van der Waals surface area contributed by atoms with E-state index in [1.165, 1.54) is 0 Å². The van der Waals surface area contributed by atoms with Crippen molar-refractivity contribution in [3.05, 3.63) is 11.6 Å². The highest BCUT2D eigenvalue weighted by Gasteiger charge is 2.72. The topological polar surface area (TPSA) is 400 Å². The van der Waals surface area contributed by atoms with E-state index in [1.54, 1.807) is 0 Å². The van der Waals surface area contributed by atoms with E-state index in [4.69, 9.17) is 47.7 Å². The van der Waals surface area contributed by atoms with Crippen molar-refractivity contribution in [2.45, 2.75) is 254 Å². The van der Waals surface area contributed by atoms with Crippen molar-refractivity contribution >= 4 is 11.9 Å². The number of hydrogen-bond donors (Lipinski definition) is 14. The fourth-order valence-electron chi connectivity index (χ4n) is 16.3. The Morgan fingerprint density at radius 1 is 0.630 bits per heavy atom. The van der Waals surface area contributed by atoms with Crippen molar-refractivity contribution < 1.29 is 124 Å². The molecule has 14 N–H and O–H groups in total. The molecule has 0 amide bonds. The highest BCUT2D eigenvalue weighted by Crippen LogP contribution is 2.76. The Balaban J connectivity index is 0.997. The van der Waals surface area contributed by atoms with Crippen LogP contribution in [-0.4, -0.2) is 244 Å². The van der Waals surface area contributed by atoms with E-state index < -0.39 is 184 Å². The number of esters is 1. The van der Waals surface area contributed by atoms with Crippen molar-refractivity contribution in [1.82, 2.24) is 0 Å². The van der Waals surface area contributed by atoms with E-state index in [9.17, 15) is 76.0 Å². The average Bonchev–Trinajstić information content (AvgIpc) is 2.94. The van der Waals surface area contributed by atoms with E-state index in [2.05, 4.69) is 40.7 Å². The summed E-state index contributed by atoms with van der Waals surface area (Å²) >= 11 is 0. The normalized spacial score (nSPS) is 49.6. The van der Waals surface area contributed by atoms with Crippen LogP contribution in [0.5, 0.6) is 0 Å². The SMILES string of the molecule is CC(C)=CCC[C@](C)(O[C@@H]1O[C@H](CO[C@@H]2OC[C@H](O)[C@H](O)[C@H]2O)[C@@H](O)[C@H](O)[C@H]1O)[C@@H]1CC[C@]2(C)[C@@H]1[C@H](O)C[C@H]1[C@@]3(C)CC[C@H](O[C@@H]4O[C@H](CO)[C@@H](O)[C@H](O)[C@H]4O[C@@H]4O[C@H](COC(=O)CC(=O)O)[C@@H](O)[C@H](O)[C@H]4O)C(C)(C)[C@@H]3CC[C@]12C. The molecule has 4 saturated heterocycles. The maximum absolute atomic E-state index is 12.9. The van der Waals surface area contributed by atoms with Crippen LogP contribution in [0.2, 0.25) is 0 Å². The maximum Gasteiger partial charge on any atom is 0.317 e. The first-order chi connectivity index (χ1) is 37.8. The number of allylic oxidation sites excluding steroid dienone is 2. The van der Waals surface area contributed by atoms with Gasteiger partial charge in [0, 0.05) is 0 Å². The van der Waals surface area contributed by atoms with Crippen molar-refractivity contribution in [3.63, 3.8) is 0 Å². The predicted molar refractivity (Wildman–Crippen MR) is 276 cm³/mol. The zero-order valence-corrected chi connectivity index (χ0v) is 47.7. The molecule has 0 unspecified atom stereocenters. The van der Waals surface area contributed by atoms with Gasteiger partial charge in [-0.15, -0.1) is 0 Å². The number of carboxylic acid groups (broad SMARTS) is 1. The molecule has 0 aromatic carbocycles. The second kappa shape index (κ2) is 24.9. The molecule has 0 spiro atoms. The lowest BCUT2D eigenvalue weighted by molar-refractivity contribution is -0.378. The van der Waals surface area contributed by atoms with Gasteiger partial charge in [0.25, 0.3) is 0 Å². The monoisotopic (exact) mass is 1160 g/mol. The zero-order chi connectivity index (χ0) is 59.6. The van der Waals surface area contributed by atoms with Crippen LogP contribution >= 0.6 is 0 Å². The largest absolute Gasteiger partial charge is 0.481 e. The summed E-state index contributed by atoms with van der Waals surface area (Å²) in [5, 5.41) is 152. The van der Waals surface area contributed by atoms with Crippen LogP contribution in [0.25, 0.3) is 0 Å². The number of hydrogen-bond acceptors (Lipinski definition) is 24. The molecule has 466 valence electrons. The van der Waals surface area contributed by atoms with Crippen molar-refractivity contribution in [1.29, 1.82) is 0 Å². The third-order valence-electron chi connectivity index (χ3n) is 21.0. The summed E-state index contributed by atoms with van der Waals surface area (Å²) in [6.45, 7) is 14.8. The number of carbonyl (C=O) groups is 2. The van der Waals surface area contributed by atoms with Gasteiger partial charge in [0.15, 0.2) is 25.2 Å². The molecule has 4 saturated carbocycles. The van der Waals surface area contributed by atoms with Gasteiger partial charge in [-0.3, -0.25) is 9.59 Å². The maximum atomic E-state index is 12.9. The molecule has 8 aliphatic rings. The summed E-state index contributed by atoms with van der Waals surface area (Å²) < 4.78 is 53.9. The standard InChI is InChI=1S/C56H92O25/c1-24(2)10-9-14-56(8,81-50-46(72)42(68)40(66)30(78-50)23-75-48-44(70)37(63)27(59)21-74-48)25-11-16-55(7)36(25)26(58)18-32-53(5)15-13-33(52(3,4)31(53)12-17-54(32,55)6)79-51-47(43(69)38(64)28(20-57)76-51)80-49-45(71)41(67)39(65)29(77-49)22-73-35(62)19-34(60)61/h10,25-33,36-51,57-59,63-72H,9,11-23H2,1-8H3,(H,60,61)/t25-,26-,27+,28-,29-,30-,31+,32+,33+,36+,37+,38-,39-,40-,41+,42+,43+,44-,45-,46-,47-,48+,49+,50+,51+,53+,54-,55-,56+/m1/s1. The Morgan fingerprint density at radius 2 is 1.22 bits per heavy atom. The summed E-state index contributed by atoms with van der Waals surface area (Å²) in [6.07, 6.45) is -25.5. The fourth-order valence-corrected chi connectivity index (χ4v) is 16.3. The van der Waals surface area contributed by atoms with Crippen molar-refractivity contribution in [3.8, 4) is 0 Å². The summed E-state index contributed by atoms with van der Waals surface area (Å²) in [4.78, 5) is 23.0. The summed E-state index contributed by atoms with van der Waals surface area (Å²) in [5.41, 5.74) is -1.72. The van der Waals surface area contributed by atoms with Crippen LogP contribution in [0.15, 0.2) is 11.6 Å². The van der Waals surface area contributed by atoms with Gasteiger partial charge in [-0.2, -0.15) is 0 Å². The van der Waals surface area contributed by atoms with E-state index in [0.717, 1.165) is 24.8 Å². The first kappa shape index (κ1) is 64.8. The van der Waals surface area contributed by atoms with E-state index in [1.807, 2.05) is 20.8 Å². The van der Waals surface area contributed by atoms with Crippen LogP contribution < -0.4 is 0 Å². The minimum absolute atomic E-state index is 0.00544. The summed E-state index contributed by atoms with van der Waals surface area (Å²) in [6, 6.07) is 0. The first-order valence-corrected chi connectivity index (χ1v) is 28.8. The molecule has 8 fully saturated rings. The molecule has 4 aliphatic heterocycles. The molecular weight excluding hydrogens is 1070 g/mol. The highest BCUT2D eigenvalue weighted by molar-refractivity contribution is 5.90. The van der Waals surface area contributed by atoms with Crippen molar-refractivity contribution in [2.75, 3.05) is 26.4 Å². The molecule has 0 radical (unpaired) electrons. The molecule has 25 heteroatoms. The lowest BCUT2D eigenvalue weighted by atomic mass is 9.35. The summed E-state index contributed by atoms with van der Waals surface area (Å²) in [7, 11) is 0. The highest BCUT2D eigenvalue weighted by atomic mass is 16.8. The lowest BCUT2D eigenvalue weighted by Gasteiger charge is -2.71. The molecule has 81 heavy (non-hydrogen) atoms. The quantitative estimate of drug-likeness (QED) is 0.0320. The second-order valence-corrected chi connectivity index (χ2v) is 26.4. The number of rotatable bonds is 18.